The number of carbonyl (C=O) groups excluding carboxylic acids is 1. The third-order valence-corrected chi connectivity index (χ3v) is 6.36. The van der Waals surface area contributed by atoms with E-state index < -0.39 is 5.60 Å². The predicted octanol–water partition coefficient (Wildman–Crippen LogP) is 3.68. The molecule has 25 heavy (non-hydrogen) atoms. The molecule has 5 nitrogen and oxygen atoms in total. The molecule has 2 atom stereocenters. The Labute approximate surface area is 153 Å². The highest BCUT2D eigenvalue weighted by atomic mass is 32.2. The average Bonchev–Trinajstić information content (AvgIpc) is 2.68. The molecule has 0 spiro atoms. The van der Waals surface area contributed by atoms with Gasteiger partial charge in [-0.1, -0.05) is 0 Å². The molecule has 1 aromatic carbocycles. The molecular formula is C19H27N3O2S. The van der Waals surface area contributed by atoms with Gasteiger partial charge in [-0.15, -0.1) is 11.8 Å². The molecule has 6 heteroatoms. The van der Waals surface area contributed by atoms with Crippen LogP contribution in [0, 0.1) is 0 Å². The summed E-state index contributed by atoms with van der Waals surface area (Å²) in [5.41, 5.74) is 9.26. The first-order valence-corrected chi connectivity index (χ1v) is 10.1. The van der Waals surface area contributed by atoms with Gasteiger partial charge in [0.2, 0.25) is 0 Å². The van der Waals surface area contributed by atoms with Crippen molar-refractivity contribution in [2.24, 2.45) is 0 Å². The Kier molecular flexibility index (Phi) is 4.06. The topological polar surface area (TPSA) is 58.8 Å². The number of piperidine rings is 1. The van der Waals surface area contributed by atoms with Crippen LogP contribution in [0.3, 0.4) is 0 Å². The van der Waals surface area contributed by atoms with Gasteiger partial charge in [-0.3, -0.25) is 0 Å². The highest BCUT2D eigenvalue weighted by Gasteiger charge is 2.45. The number of hydrogen-bond donors (Lipinski definition) is 1. The van der Waals surface area contributed by atoms with E-state index in [1.54, 1.807) is 0 Å². The summed E-state index contributed by atoms with van der Waals surface area (Å²) in [6.45, 7) is 8.33. The van der Waals surface area contributed by atoms with E-state index in [1.807, 2.05) is 37.4 Å². The molecule has 136 valence electrons. The maximum Gasteiger partial charge on any atom is 0.410 e. The van der Waals surface area contributed by atoms with E-state index in [0.717, 1.165) is 37.5 Å². The van der Waals surface area contributed by atoms with Crippen molar-refractivity contribution >= 4 is 29.2 Å². The number of nitrogens with two attached hydrogens (primary N) is 1. The number of fused-ring (bicyclic) bond motifs is 3. The fraction of sp³-hybridized carbons (Fsp3) is 0.632. The van der Waals surface area contributed by atoms with E-state index in [1.165, 1.54) is 22.6 Å². The zero-order valence-electron chi connectivity index (χ0n) is 15.2. The van der Waals surface area contributed by atoms with Crippen molar-refractivity contribution < 1.29 is 9.53 Å². The lowest BCUT2D eigenvalue weighted by molar-refractivity contribution is 0.0189. The SMILES string of the molecule is CC(C)(C)OC(=O)N1CCC2C(C1)c1cc(N)cc3c1N2CCCS3. The molecule has 3 heterocycles. The molecule has 1 aromatic rings. The highest BCUT2D eigenvalue weighted by Crippen LogP contribution is 2.51. The van der Waals surface area contributed by atoms with Crippen molar-refractivity contribution in [2.45, 2.75) is 56.1 Å². The van der Waals surface area contributed by atoms with Crippen molar-refractivity contribution in [1.82, 2.24) is 4.90 Å². The van der Waals surface area contributed by atoms with Gasteiger partial charge in [0.05, 0.1) is 5.69 Å². The quantitative estimate of drug-likeness (QED) is 0.715. The summed E-state index contributed by atoms with van der Waals surface area (Å²) in [5, 5.41) is 0. The highest BCUT2D eigenvalue weighted by molar-refractivity contribution is 7.99. The fourth-order valence-corrected chi connectivity index (χ4v) is 5.41. The second-order valence-corrected chi connectivity index (χ2v) is 9.38. The number of carbonyl (C=O) groups is 1. The molecule has 2 unspecified atom stereocenters. The summed E-state index contributed by atoms with van der Waals surface area (Å²) in [7, 11) is 0. The number of likely N-dealkylation sites (tertiary alicyclic amines) is 1. The largest absolute Gasteiger partial charge is 0.444 e. The Morgan fingerprint density at radius 3 is 2.88 bits per heavy atom. The number of hydrogen-bond acceptors (Lipinski definition) is 5. The third kappa shape index (κ3) is 3.05. The number of nitrogens with zero attached hydrogens (tertiary/aromatic N) is 2. The average molecular weight is 362 g/mol. The molecule has 0 bridgehead atoms. The number of thioether (sulfide) groups is 1. The minimum atomic E-state index is -0.456. The van der Waals surface area contributed by atoms with Gasteiger partial charge < -0.3 is 20.3 Å². The lowest BCUT2D eigenvalue weighted by atomic mass is 9.89. The first-order valence-electron chi connectivity index (χ1n) is 9.14. The summed E-state index contributed by atoms with van der Waals surface area (Å²) >= 11 is 1.92. The molecule has 1 amide bonds. The molecule has 0 saturated carbocycles. The van der Waals surface area contributed by atoms with Gasteiger partial charge in [-0.25, -0.2) is 4.79 Å². The Morgan fingerprint density at radius 1 is 1.32 bits per heavy atom. The van der Waals surface area contributed by atoms with Crippen molar-refractivity contribution in [3.8, 4) is 0 Å². The Balaban J connectivity index is 1.64. The van der Waals surface area contributed by atoms with E-state index in [4.69, 9.17) is 10.5 Å². The lowest BCUT2D eigenvalue weighted by Crippen LogP contribution is -2.49. The van der Waals surface area contributed by atoms with Crippen LogP contribution in [0.1, 0.15) is 45.1 Å². The van der Waals surface area contributed by atoms with E-state index in [9.17, 15) is 4.79 Å². The molecule has 3 aliphatic heterocycles. The standard InChI is InChI=1S/C19H27N3O2S/c1-19(2,3)24-18(23)21-7-5-15-14(11-21)13-9-12(20)10-16-17(13)22(15)6-4-8-25-16/h9-10,14-15H,4-8,11,20H2,1-3H3. The van der Waals surface area contributed by atoms with Crippen LogP contribution in [0.15, 0.2) is 17.0 Å². The van der Waals surface area contributed by atoms with Crippen LogP contribution in [-0.4, -0.2) is 48.0 Å². The summed E-state index contributed by atoms with van der Waals surface area (Å²) in [5.74, 6) is 1.48. The zero-order valence-corrected chi connectivity index (χ0v) is 16.1. The molecule has 1 saturated heterocycles. The van der Waals surface area contributed by atoms with Crippen LogP contribution in [0.4, 0.5) is 16.2 Å². The van der Waals surface area contributed by atoms with Crippen LogP contribution in [0.25, 0.3) is 0 Å². The van der Waals surface area contributed by atoms with E-state index in [-0.39, 0.29) is 6.09 Å². The second kappa shape index (κ2) is 6.01. The number of ether oxygens (including phenoxy) is 1. The van der Waals surface area contributed by atoms with Crippen LogP contribution < -0.4 is 10.6 Å². The van der Waals surface area contributed by atoms with Crippen LogP contribution in [0.2, 0.25) is 0 Å². The number of benzene rings is 1. The van der Waals surface area contributed by atoms with Crippen LogP contribution in [-0.2, 0) is 4.74 Å². The van der Waals surface area contributed by atoms with E-state index in [0.29, 0.717) is 12.0 Å². The first-order chi connectivity index (χ1) is 11.8. The molecule has 0 radical (unpaired) electrons. The Bertz CT molecular complexity index is 701. The van der Waals surface area contributed by atoms with Crippen LogP contribution in [0.5, 0.6) is 0 Å². The van der Waals surface area contributed by atoms with Crippen LogP contribution >= 0.6 is 11.8 Å². The second-order valence-electron chi connectivity index (χ2n) is 8.24. The van der Waals surface area contributed by atoms with Gasteiger partial charge in [0, 0.05) is 42.2 Å². The Morgan fingerprint density at radius 2 is 2.12 bits per heavy atom. The predicted molar refractivity (Wildman–Crippen MR) is 102 cm³/mol. The first kappa shape index (κ1) is 16.9. The van der Waals surface area contributed by atoms with Gasteiger partial charge in [0.25, 0.3) is 0 Å². The van der Waals surface area contributed by atoms with Crippen molar-refractivity contribution in [3.63, 3.8) is 0 Å². The maximum absolute atomic E-state index is 12.5. The lowest BCUT2D eigenvalue weighted by Gasteiger charge is -2.39. The molecule has 2 N–H and O–H groups in total. The third-order valence-electron chi connectivity index (χ3n) is 5.24. The summed E-state index contributed by atoms with van der Waals surface area (Å²) < 4.78 is 5.59. The molecule has 4 rings (SSSR count). The molecule has 1 fully saturated rings. The normalized spacial score (nSPS) is 25.2. The number of anilines is 2. The van der Waals surface area contributed by atoms with Gasteiger partial charge in [-0.05, 0) is 57.1 Å². The number of rotatable bonds is 0. The molecule has 0 aliphatic carbocycles. The van der Waals surface area contributed by atoms with Gasteiger partial charge in [-0.2, -0.15) is 0 Å². The van der Waals surface area contributed by atoms with Crippen molar-refractivity contribution in [2.75, 3.05) is 36.0 Å². The fourth-order valence-electron chi connectivity index (χ4n) is 4.32. The Hall–Kier alpha value is -1.56. The summed E-state index contributed by atoms with van der Waals surface area (Å²) in [4.78, 5) is 18.3. The number of nitrogen functional groups attached to an aromatic ring is 1. The van der Waals surface area contributed by atoms with Crippen molar-refractivity contribution in [1.29, 1.82) is 0 Å². The van der Waals surface area contributed by atoms with Gasteiger partial charge in [0.1, 0.15) is 5.60 Å². The number of amides is 1. The van der Waals surface area contributed by atoms with Gasteiger partial charge in [0.15, 0.2) is 0 Å². The summed E-state index contributed by atoms with van der Waals surface area (Å²) in [6.07, 6.45) is 1.98. The summed E-state index contributed by atoms with van der Waals surface area (Å²) in [6, 6.07) is 4.72. The minimum Gasteiger partial charge on any atom is -0.444 e. The molecule has 0 aromatic heterocycles. The van der Waals surface area contributed by atoms with E-state index in [2.05, 4.69) is 17.0 Å². The monoisotopic (exact) mass is 361 g/mol. The molecular weight excluding hydrogens is 334 g/mol. The van der Waals surface area contributed by atoms with Crippen molar-refractivity contribution in [3.05, 3.63) is 17.7 Å². The van der Waals surface area contributed by atoms with Gasteiger partial charge >= 0.3 is 6.09 Å². The maximum atomic E-state index is 12.5. The molecule has 3 aliphatic rings. The van der Waals surface area contributed by atoms with E-state index >= 15 is 0 Å². The minimum absolute atomic E-state index is 0.198. The smallest absolute Gasteiger partial charge is 0.410 e. The zero-order chi connectivity index (χ0) is 17.8.